The highest BCUT2D eigenvalue weighted by molar-refractivity contribution is 5.76. The van der Waals surface area contributed by atoms with Gasteiger partial charge in [0.05, 0.1) is 12.5 Å². The number of carbonyl (C=O) groups is 1. The second kappa shape index (κ2) is 2.99. The van der Waals surface area contributed by atoms with Crippen LogP contribution in [0.1, 0.15) is 27.2 Å². The Labute approximate surface area is 91.4 Å². The van der Waals surface area contributed by atoms with E-state index in [2.05, 4.69) is 20.8 Å². The van der Waals surface area contributed by atoms with Gasteiger partial charge < -0.3 is 4.74 Å². The van der Waals surface area contributed by atoms with Gasteiger partial charge in [0.1, 0.15) is 0 Å². The average molecular weight is 208 g/mol. The molecule has 1 heterocycles. The highest BCUT2D eigenvalue weighted by atomic mass is 16.5. The quantitative estimate of drug-likeness (QED) is 0.618. The molecule has 0 N–H and O–H groups in total. The van der Waals surface area contributed by atoms with Crippen LogP contribution in [0.5, 0.6) is 0 Å². The van der Waals surface area contributed by atoms with Gasteiger partial charge in [-0.05, 0) is 36.0 Å². The Kier molecular flexibility index (Phi) is 1.93. The van der Waals surface area contributed by atoms with E-state index in [-0.39, 0.29) is 11.9 Å². The van der Waals surface area contributed by atoms with E-state index in [0.717, 1.165) is 23.7 Å². The van der Waals surface area contributed by atoms with Gasteiger partial charge in [0, 0.05) is 5.92 Å². The standard InChI is InChI=1S/C13H20O2/c1-6(2)11-7(3)8-4-9(11)10-5-15-13(14)12(8)10/h6-12H,4-5H2,1-3H3. The number of hydrogen-bond donors (Lipinski definition) is 0. The largest absolute Gasteiger partial charge is 0.465 e. The first-order chi connectivity index (χ1) is 7.11. The number of carbonyl (C=O) groups excluding carboxylic acids is 1. The first-order valence-electron chi connectivity index (χ1n) is 6.28. The van der Waals surface area contributed by atoms with Crippen LogP contribution in [0.15, 0.2) is 0 Å². The molecule has 0 aromatic carbocycles. The third-order valence-electron chi connectivity index (χ3n) is 5.25. The number of cyclic esters (lactones) is 1. The molecular formula is C13H20O2. The van der Waals surface area contributed by atoms with Gasteiger partial charge in [-0.3, -0.25) is 4.79 Å². The Morgan fingerprint density at radius 1 is 1.27 bits per heavy atom. The van der Waals surface area contributed by atoms with Crippen molar-refractivity contribution in [3.8, 4) is 0 Å². The van der Waals surface area contributed by atoms with Crippen molar-refractivity contribution >= 4 is 5.97 Å². The van der Waals surface area contributed by atoms with E-state index in [0.29, 0.717) is 18.4 Å². The summed E-state index contributed by atoms with van der Waals surface area (Å²) in [7, 11) is 0. The molecule has 0 aromatic heterocycles. The summed E-state index contributed by atoms with van der Waals surface area (Å²) in [6.07, 6.45) is 1.29. The maximum atomic E-state index is 11.6. The predicted octanol–water partition coefficient (Wildman–Crippen LogP) is 2.33. The number of fused-ring (bicyclic) bond motifs is 5. The fourth-order valence-electron chi connectivity index (χ4n) is 4.83. The van der Waals surface area contributed by atoms with Gasteiger partial charge in [-0.1, -0.05) is 20.8 Å². The van der Waals surface area contributed by atoms with Crippen molar-refractivity contribution in [2.45, 2.75) is 27.2 Å². The van der Waals surface area contributed by atoms with Crippen LogP contribution in [0, 0.1) is 41.4 Å². The maximum absolute atomic E-state index is 11.6. The minimum absolute atomic E-state index is 0.0987. The van der Waals surface area contributed by atoms with Gasteiger partial charge in [0.15, 0.2) is 0 Å². The summed E-state index contributed by atoms with van der Waals surface area (Å²) in [5.41, 5.74) is 0. The molecule has 3 rings (SSSR count). The van der Waals surface area contributed by atoms with Crippen molar-refractivity contribution in [1.82, 2.24) is 0 Å². The molecule has 0 aromatic rings. The lowest BCUT2D eigenvalue weighted by Gasteiger charge is -2.36. The molecule has 2 bridgehead atoms. The zero-order valence-corrected chi connectivity index (χ0v) is 9.77. The molecule has 3 aliphatic rings. The molecular weight excluding hydrogens is 188 g/mol. The zero-order valence-electron chi connectivity index (χ0n) is 9.77. The second-order valence-electron chi connectivity index (χ2n) is 6.06. The second-order valence-corrected chi connectivity index (χ2v) is 6.06. The molecule has 1 saturated heterocycles. The van der Waals surface area contributed by atoms with Gasteiger partial charge in [-0.25, -0.2) is 0 Å². The SMILES string of the molecule is CC(C)C1C(C)C2CC1C1COC(=O)C21. The van der Waals surface area contributed by atoms with Crippen molar-refractivity contribution in [2.24, 2.45) is 41.4 Å². The lowest BCUT2D eigenvalue weighted by atomic mass is 9.66. The highest BCUT2D eigenvalue weighted by Crippen LogP contribution is 2.61. The van der Waals surface area contributed by atoms with E-state index in [1.807, 2.05) is 0 Å². The van der Waals surface area contributed by atoms with Crippen LogP contribution in [-0.4, -0.2) is 12.6 Å². The summed E-state index contributed by atoms with van der Waals surface area (Å²) in [5.74, 6) is 4.62. The Morgan fingerprint density at radius 3 is 2.67 bits per heavy atom. The van der Waals surface area contributed by atoms with E-state index in [1.54, 1.807) is 0 Å². The maximum Gasteiger partial charge on any atom is 0.309 e. The Morgan fingerprint density at radius 2 is 2.00 bits per heavy atom. The van der Waals surface area contributed by atoms with Gasteiger partial charge in [0.2, 0.25) is 0 Å². The molecule has 2 saturated carbocycles. The lowest BCUT2D eigenvalue weighted by molar-refractivity contribution is -0.143. The van der Waals surface area contributed by atoms with E-state index >= 15 is 0 Å². The minimum Gasteiger partial charge on any atom is -0.465 e. The summed E-state index contributed by atoms with van der Waals surface area (Å²) in [4.78, 5) is 11.6. The molecule has 84 valence electrons. The van der Waals surface area contributed by atoms with Crippen LogP contribution in [0.4, 0.5) is 0 Å². The van der Waals surface area contributed by atoms with Crippen molar-refractivity contribution in [3.05, 3.63) is 0 Å². The molecule has 15 heavy (non-hydrogen) atoms. The summed E-state index contributed by atoms with van der Waals surface area (Å²) in [5, 5.41) is 0. The average Bonchev–Trinajstić information content (AvgIpc) is 2.76. The molecule has 0 radical (unpaired) electrons. The van der Waals surface area contributed by atoms with Crippen molar-refractivity contribution in [3.63, 3.8) is 0 Å². The molecule has 0 amide bonds. The smallest absolute Gasteiger partial charge is 0.309 e. The Balaban J connectivity index is 1.91. The summed E-state index contributed by atoms with van der Waals surface area (Å²) < 4.78 is 5.24. The van der Waals surface area contributed by atoms with Crippen LogP contribution in [0.25, 0.3) is 0 Å². The lowest BCUT2D eigenvalue weighted by Crippen LogP contribution is -2.36. The normalized spacial score (nSPS) is 52.4. The Hall–Kier alpha value is -0.530. The highest BCUT2D eigenvalue weighted by Gasteiger charge is 2.62. The minimum atomic E-state index is 0.0987. The van der Waals surface area contributed by atoms with Gasteiger partial charge in [-0.15, -0.1) is 0 Å². The first kappa shape index (κ1) is 9.68. The van der Waals surface area contributed by atoms with Crippen molar-refractivity contribution in [1.29, 1.82) is 0 Å². The van der Waals surface area contributed by atoms with Crippen LogP contribution in [0.2, 0.25) is 0 Å². The Bertz CT molecular complexity index is 297. The first-order valence-corrected chi connectivity index (χ1v) is 6.28. The molecule has 6 unspecified atom stereocenters. The van der Waals surface area contributed by atoms with Crippen LogP contribution < -0.4 is 0 Å². The summed E-state index contributed by atoms with van der Waals surface area (Å²) in [6, 6.07) is 0. The fourth-order valence-corrected chi connectivity index (χ4v) is 4.83. The zero-order chi connectivity index (χ0) is 10.7. The van der Waals surface area contributed by atoms with Crippen molar-refractivity contribution < 1.29 is 9.53 Å². The monoisotopic (exact) mass is 208 g/mol. The molecule has 3 fully saturated rings. The summed E-state index contributed by atoms with van der Waals surface area (Å²) >= 11 is 0. The van der Waals surface area contributed by atoms with Gasteiger partial charge >= 0.3 is 5.97 Å². The summed E-state index contributed by atoms with van der Waals surface area (Å²) in [6.45, 7) is 7.71. The van der Waals surface area contributed by atoms with Gasteiger partial charge in [0.25, 0.3) is 0 Å². The molecule has 2 aliphatic carbocycles. The molecule has 6 atom stereocenters. The third kappa shape index (κ3) is 1.08. The van der Waals surface area contributed by atoms with Gasteiger partial charge in [-0.2, -0.15) is 0 Å². The molecule has 2 heteroatoms. The van der Waals surface area contributed by atoms with Crippen LogP contribution in [-0.2, 0) is 9.53 Å². The number of rotatable bonds is 1. The van der Waals surface area contributed by atoms with Crippen LogP contribution >= 0.6 is 0 Å². The molecule has 2 nitrogen and oxygen atoms in total. The molecule has 0 spiro atoms. The topological polar surface area (TPSA) is 26.3 Å². The number of hydrogen-bond acceptors (Lipinski definition) is 2. The number of ether oxygens (including phenoxy) is 1. The van der Waals surface area contributed by atoms with Crippen molar-refractivity contribution in [2.75, 3.05) is 6.61 Å². The van der Waals surface area contributed by atoms with Crippen LogP contribution in [0.3, 0.4) is 0 Å². The molecule has 1 aliphatic heterocycles. The van der Waals surface area contributed by atoms with E-state index in [4.69, 9.17) is 4.74 Å². The number of esters is 1. The van der Waals surface area contributed by atoms with E-state index in [1.165, 1.54) is 6.42 Å². The van der Waals surface area contributed by atoms with E-state index < -0.39 is 0 Å². The van der Waals surface area contributed by atoms with E-state index in [9.17, 15) is 4.79 Å². The predicted molar refractivity (Wildman–Crippen MR) is 57.0 cm³/mol. The third-order valence-corrected chi connectivity index (χ3v) is 5.25. The fraction of sp³-hybridized carbons (Fsp3) is 0.923.